The number of carbonyl (C=O) groups excluding carboxylic acids is 2. The first-order valence-electron chi connectivity index (χ1n) is 10.6. The van der Waals surface area contributed by atoms with E-state index in [-0.39, 0.29) is 11.8 Å². The van der Waals surface area contributed by atoms with E-state index >= 15 is 0 Å². The summed E-state index contributed by atoms with van der Waals surface area (Å²) in [5.74, 6) is -0.682. The lowest BCUT2D eigenvalue weighted by Gasteiger charge is -2.19. The summed E-state index contributed by atoms with van der Waals surface area (Å²) < 4.78 is 0. The van der Waals surface area contributed by atoms with Crippen LogP contribution in [0.25, 0.3) is 5.57 Å². The van der Waals surface area contributed by atoms with Gasteiger partial charge in [0.2, 0.25) is 0 Å². The lowest BCUT2D eigenvalue weighted by atomic mass is 9.97. The quantitative estimate of drug-likeness (QED) is 0.580. The Kier molecular flexibility index (Phi) is 5.57. The molecule has 0 fully saturated rings. The van der Waals surface area contributed by atoms with Gasteiger partial charge >= 0.3 is 0 Å². The van der Waals surface area contributed by atoms with Gasteiger partial charge in [-0.25, -0.2) is 4.90 Å². The minimum Gasteiger partial charge on any atom is -0.378 e. The number of hydrogen-bond donors (Lipinski definition) is 1. The fourth-order valence-corrected chi connectivity index (χ4v) is 3.98. The second kappa shape index (κ2) is 8.35. The number of hydrogen-bond acceptors (Lipinski definition) is 4. The number of anilines is 3. The van der Waals surface area contributed by atoms with Crippen LogP contribution in [0, 0.1) is 20.8 Å². The van der Waals surface area contributed by atoms with E-state index in [1.807, 2.05) is 100 Å². The SMILES string of the molecule is Cc1ccc(C2=C(Nc3ccccc3C)C(=O)N(c3cccc(N(C)C)c3)C2=O)c(C)c1. The molecule has 1 aliphatic rings. The van der Waals surface area contributed by atoms with Crippen LogP contribution in [0.2, 0.25) is 0 Å². The maximum absolute atomic E-state index is 13.7. The Balaban J connectivity index is 1.87. The second-order valence-electron chi connectivity index (χ2n) is 8.37. The molecule has 0 aromatic heterocycles. The summed E-state index contributed by atoms with van der Waals surface area (Å²) in [6.07, 6.45) is 0. The first-order chi connectivity index (χ1) is 15.3. The number of imide groups is 1. The van der Waals surface area contributed by atoms with Gasteiger partial charge in [0.15, 0.2) is 0 Å². The van der Waals surface area contributed by atoms with Crippen molar-refractivity contribution in [2.45, 2.75) is 20.8 Å². The Hall–Kier alpha value is -3.86. The van der Waals surface area contributed by atoms with Crippen LogP contribution in [-0.4, -0.2) is 25.9 Å². The first-order valence-corrected chi connectivity index (χ1v) is 10.6. The molecule has 32 heavy (non-hydrogen) atoms. The topological polar surface area (TPSA) is 52.7 Å². The minimum atomic E-state index is -0.357. The standard InChI is InChI=1S/C27H27N3O2/c1-17-13-14-22(19(3)15-17)24-25(28-23-12-7-6-9-18(23)2)27(32)30(26(24)31)21-11-8-10-20(16-21)29(4)5/h6-16,28H,1-5H3. The molecule has 0 spiro atoms. The second-order valence-corrected chi connectivity index (χ2v) is 8.37. The van der Waals surface area contributed by atoms with Crippen molar-refractivity contribution in [2.24, 2.45) is 0 Å². The highest BCUT2D eigenvalue weighted by Crippen LogP contribution is 2.36. The van der Waals surface area contributed by atoms with Gasteiger partial charge in [-0.1, -0.05) is 48.0 Å². The van der Waals surface area contributed by atoms with E-state index in [4.69, 9.17) is 0 Å². The van der Waals surface area contributed by atoms with Crippen LogP contribution >= 0.6 is 0 Å². The number of para-hydroxylation sites is 1. The van der Waals surface area contributed by atoms with Crippen LogP contribution in [0.4, 0.5) is 17.1 Å². The molecule has 0 radical (unpaired) electrons. The van der Waals surface area contributed by atoms with Crippen molar-refractivity contribution in [3.63, 3.8) is 0 Å². The van der Waals surface area contributed by atoms with Crippen molar-refractivity contribution < 1.29 is 9.59 Å². The highest BCUT2D eigenvalue weighted by Gasteiger charge is 2.41. The fourth-order valence-electron chi connectivity index (χ4n) is 3.98. The lowest BCUT2D eigenvalue weighted by molar-refractivity contribution is -0.120. The third-order valence-corrected chi connectivity index (χ3v) is 5.74. The van der Waals surface area contributed by atoms with E-state index in [1.54, 1.807) is 6.07 Å². The molecule has 0 saturated carbocycles. The van der Waals surface area contributed by atoms with Gasteiger partial charge in [-0.15, -0.1) is 0 Å². The number of nitrogens with zero attached hydrogens (tertiary/aromatic N) is 2. The Morgan fingerprint density at radius 3 is 2.22 bits per heavy atom. The Bertz CT molecular complexity index is 1260. The van der Waals surface area contributed by atoms with Gasteiger partial charge in [-0.3, -0.25) is 9.59 Å². The summed E-state index contributed by atoms with van der Waals surface area (Å²) >= 11 is 0. The number of benzene rings is 3. The van der Waals surface area contributed by atoms with Gasteiger partial charge in [-0.2, -0.15) is 0 Å². The molecule has 0 aliphatic carbocycles. The number of aryl methyl sites for hydroxylation is 3. The minimum absolute atomic E-state index is 0.298. The van der Waals surface area contributed by atoms with Gasteiger partial charge in [0.05, 0.1) is 11.3 Å². The predicted molar refractivity (Wildman–Crippen MR) is 131 cm³/mol. The first kappa shape index (κ1) is 21.4. The molecule has 1 aliphatic heterocycles. The van der Waals surface area contributed by atoms with Gasteiger partial charge in [0.25, 0.3) is 11.8 Å². The number of carbonyl (C=O) groups is 2. The third-order valence-electron chi connectivity index (χ3n) is 5.74. The van der Waals surface area contributed by atoms with Gasteiger partial charge in [0.1, 0.15) is 5.70 Å². The van der Waals surface area contributed by atoms with E-state index in [1.165, 1.54) is 4.90 Å². The zero-order chi connectivity index (χ0) is 23.0. The molecule has 0 atom stereocenters. The Labute approximate surface area is 189 Å². The molecular formula is C27H27N3O2. The number of rotatable bonds is 5. The molecule has 0 saturated heterocycles. The van der Waals surface area contributed by atoms with Crippen molar-refractivity contribution in [1.82, 2.24) is 0 Å². The average molecular weight is 426 g/mol. The molecule has 1 heterocycles. The van der Waals surface area contributed by atoms with Crippen LogP contribution in [-0.2, 0) is 9.59 Å². The van der Waals surface area contributed by atoms with E-state index in [0.717, 1.165) is 33.6 Å². The Morgan fingerprint density at radius 2 is 1.53 bits per heavy atom. The maximum atomic E-state index is 13.7. The van der Waals surface area contributed by atoms with E-state index in [0.29, 0.717) is 17.0 Å². The summed E-state index contributed by atoms with van der Waals surface area (Å²) in [6.45, 7) is 5.95. The number of amides is 2. The molecule has 3 aromatic rings. The molecule has 0 unspecified atom stereocenters. The molecule has 0 bridgehead atoms. The molecule has 1 N–H and O–H groups in total. The van der Waals surface area contributed by atoms with Crippen molar-refractivity contribution in [3.05, 3.63) is 94.7 Å². The summed E-state index contributed by atoms with van der Waals surface area (Å²) in [4.78, 5) is 30.6. The van der Waals surface area contributed by atoms with Crippen LogP contribution in [0.15, 0.2) is 72.4 Å². The van der Waals surface area contributed by atoms with Crippen LogP contribution in [0.3, 0.4) is 0 Å². The highest BCUT2D eigenvalue weighted by molar-refractivity contribution is 6.46. The van der Waals surface area contributed by atoms with Crippen molar-refractivity contribution in [2.75, 3.05) is 29.2 Å². The van der Waals surface area contributed by atoms with Gasteiger partial charge < -0.3 is 10.2 Å². The van der Waals surface area contributed by atoms with Crippen molar-refractivity contribution in [1.29, 1.82) is 0 Å². The summed E-state index contributed by atoms with van der Waals surface area (Å²) in [7, 11) is 3.86. The van der Waals surface area contributed by atoms with Crippen molar-refractivity contribution >= 4 is 34.4 Å². The summed E-state index contributed by atoms with van der Waals surface area (Å²) in [5, 5.41) is 3.27. The third kappa shape index (κ3) is 3.78. The number of nitrogens with one attached hydrogen (secondary N) is 1. The highest BCUT2D eigenvalue weighted by atomic mass is 16.2. The van der Waals surface area contributed by atoms with Gasteiger partial charge in [0, 0.05) is 25.5 Å². The van der Waals surface area contributed by atoms with Crippen molar-refractivity contribution in [3.8, 4) is 0 Å². The van der Waals surface area contributed by atoms with Gasteiger partial charge in [-0.05, 0) is 61.7 Å². The molecular weight excluding hydrogens is 398 g/mol. The molecule has 2 amide bonds. The zero-order valence-electron chi connectivity index (χ0n) is 19.1. The summed E-state index contributed by atoms with van der Waals surface area (Å²) in [6, 6.07) is 21.1. The van der Waals surface area contributed by atoms with Crippen LogP contribution in [0.5, 0.6) is 0 Å². The zero-order valence-corrected chi connectivity index (χ0v) is 19.1. The molecule has 3 aromatic carbocycles. The predicted octanol–water partition coefficient (Wildman–Crippen LogP) is 5.07. The smallest absolute Gasteiger partial charge is 0.282 e. The molecule has 5 heteroatoms. The van der Waals surface area contributed by atoms with E-state index < -0.39 is 0 Å². The largest absolute Gasteiger partial charge is 0.378 e. The lowest BCUT2D eigenvalue weighted by Crippen LogP contribution is -2.32. The normalized spacial score (nSPS) is 13.7. The maximum Gasteiger partial charge on any atom is 0.282 e. The monoisotopic (exact) mass is 425 g/mol. The fraction of sp³-hybridized carbons (Fsp3) is 0.185. The van der Waals surface area contributed by atoms with Crippen LogP contribution in [0.1, 0.15) is 22.3 Å². The summed E-state index contributed by atoms with van der Waals surface area (Å²) in [5.41, 5.74) is 6.77. The van der Waals surface area contributed by atoms with E-state index in [2.05, 4.69) is 5.32 Å². The average Bonchev–Trinajstić information content (AvgIpc) is 2.99. The molecule has 162 valence electrons. The molecule has 4 rings (SSSR count). The van der Waals surface area contributed by atoms with E-state index in [9.17, 15) is 9.59 Å². The van der Waals surface area contributed by atoms with Crippen LogP contribution < -0.4 is 15.1 Å². The molecule has 5 nitrogen and oxygen atoms in total. The Morgan fingerprint density at radius 1 is 0.781 bits per heavy atom.